The van der Waals surface area contributed by atoms with Gasteiger partial charge in [-0.05, 0) is 38.7 Å². The molecule has 1 amide bonds. The van der Waals surface area contributed by atoms with E-state index in [9.17, 15) is 9.90 Å². The first-order valence-corrected chi connectivity index (χ1v) is 6.85. The van der Waals surface area contributed by atoms with Crippen LogP contribution in [0.1, 0.15) is 16.8 Å². The standard InChI is InChI=1S/C14H20N2O2S/c1-15(2)8-11-7-12(17)9-16(11)14(18)10-4-3-5-13(19)6-10/h3-6,11-12,17,19H,7-9H2,1-2H3. The smallest absolute Gasteiger partial charge is 0.254 e. The van der Waals surface area contributed by atoms with Crippen LogP contribution < -0.4 is 0 Å². The van der Waals surface area contributed by atoms with Gasteiger partial charge in [0.05, 0.1) is 6.10 Å². The minimum Gasteiger partial charge on any atom is -0.391 e. The molecule has 1 aliphatic rings. The van der Waals surface area contributed by atoms with Gasteiger partial charge >= 0.3 is 0 Å². The maximum Gasteiger partial charge on any atom is 0.254 e. The van der Waals surface area contributed by atoms with Crippen LogP contribution in [-0.2, 0) is 0 Å². The number of amides is 1. The minimum atomic E-state index is -0.423. The number of nitrogens with zero attached hydrogens (tertiary/aromatic N) is 2. The van der Waals surface area contributed by atoms with Crippen molar-refractivity contribution in [2.45, 2.75) is 23.5 Å². The van der Waals surface area contributed by atoms with E-state index < -0.39 is 6.10 Å². The number of hydrogen-bond donors (Lipinski definition) is 2. The van der Waals surface area contributed by atoms with Crippen LogP contribution in [0.3, 0.4) is 0 Å². The molecule has 2 rings (SSSR count). The lowest BCUT2D eigenvalue weighted by molar-refractivity contribution is 0.0699. The third-order valence-corrected chi connectivity index (χ3v) is 3.60. The number of likely N-dealkylation sites (N-methyl/N-ethyl adjacent to an activating group) is 1. The van der Waals surface area contributed by atoms with Crippen molar-refractivity contribution in [3.05, 3.63) is 29.8 Å². The lowest BCUT2D eigenvalue weighted by atomic mass is 10.1. The Morgan fingerprint density at radius 2 is 2.26 bits per heavy atom. The number of likely N-dealkylation sites (tertiary alicyclic amines) is 1. The highest BCUT2D eigenvalue weighted by atomic mass is 32.1. The Kier molecular flexibility index (Phi) is 4.50. The van der Waals surface area contributed by atoms with Crippen LogP contribution in [0, 0.1) is 0 Å². The Bertz CT molecular complexity index is 465. The molecule has 1 aromatic carbocycles. The summed E-state index contributed by atoms with van der Waals surface area (Å²) in [6.45, 7) is 1.18. The largest absolute Gasteiger partial charge is 0.391 e. The monoisotopic (exact) mass is 280 g/mol. The zero-order valence-electron chi connectivity index (χ0n) is 11.3. The summed E-state index contributed by atoms with van der Waals surface area (Å²) < 4.78 is 0. The average Bonchev–Trinajstić information content (AvgIpc) is 2.68. The van der Waals surface area contributed by atoms with Crippen LogP contribution in [-0.4, -0.2) is 60.1 Å². The van der Waals surface area contributed by atoms with E-state index in [-0.39, 0.29) is 11.9 Å². The maximum atomic E-state index is 12.5. The molecule has 104 valence electrons. The third kappa shape index (κ3) is 3.49. The van der Waals surface area contributed by atoms with Crippen molar-refractivity contribution in [2.24, 2.45) is 0 Å². The van der Waals surface area contributed by atoms with Crippen molar-refractivity contribution in [1.82, 2.24) is 9.80 Å². The molecule has 0 spiro atoms. The zero-order chi connectivity index (χ0) is 14.0. The molecular weight excluding hydrogens is 260 g/mol. The van der Waals surface area contributed by atoms with Crippen molar-refractivity contribution in [1.29, 1.82) is 0 Å². The highest BCUT2D eigenvalue weighted by Gasteiger charge is 2.34. The molecule has 1 fully saturated rings. The Hall–Kier alpha value is -1.04. The Morgan fingerprint density at radius 1 is 1.53 bits per heavy atom. The van der Waals surface area contributed by atoms with Gasteiger partial charge in [0, 0.05) is 29.6 Å². The molecule has 5 heteroatoms. The van der Waals surface area contributed by atoms with Gasteiger partial charge in [0.25, 0.3) is 5.91 Å². The summed E-state index contributed by atoms with van der Waals surface area (Å²) in [5, 5.41) is 9.81. The molecule has 2 unspecified atom stereocenters. The predicted octanol–water partition coefficient (Wildman–Crippen LogP) is 1.11. The van der Waals surface area contributed by atoms with Gasteiger partial charge in [0.1, 0.15) is 0 Å². The van der Waals surface area contributed by atoms with Gasteiger partial charge in [-0.3, -0.25) is 4.79 Å². The second-order valence-corrected chi connectivity index (χ2v) is 5.83. The third-order valence-electron chi connectivity index (χ3n) is 3.32. The van der Waals surface area contributed by atoms with Crippen LogP contribution in [0.15, 0.2) is 29.2 Å². The maximum absolute atomic E-state index is 12.5. The SMILES string of the molecule is CN(C)CC1CC(O)CN1C(=O)c1cccc(S)c1. The number of carbonyl (C=O) groups excluding carboxylic acids is 1. The second-order valence-electron chi connectivity index (χ2n) is 5.31. The molecule has 2 atom stereocenters. The Morgan fingerprint density at radius 3 is 2.89 bits per heavy atom. The summed E-state index contributed by atoms with van der Waals surface area (Å²) in [6.07, 6.45) is 0.220. The first-order chi connectivity index (χ1) is 8.97. The van der Waals surface area contributed by atoms with Crippen molar-refractivity contribution in [3.8, 4) is 0 Å². The highest BCUT2D eigenvalue weighted by Crippen LogP contribution is 2.22. The molecule has 1 aliphatic heterocycles. The second kappa shape index (κ2) is 5.94. The normalized spacial score (nSPS) is 23.1. The van der Waals surface area contributed by atoms with Gasteiger partial charge in [0.15, 0.2) is 0 Å². The molecule has 0 radical (unpaired) electrons. The van der Waals surface area contributed by atoms with Crippen molar-refractivity contribution in [3.63, 3.8) is 0 Å². The van der Waals surface area contributed by atoms with Crippen molar-refractivity contribution < 1.29 is 9.90 Å². The molecule has 1 N–H and O–H groups in total. The van der Waals surface area contributed by atoms with E-state index in [4.69, 9.17) is 0 Å². The number of aliphatic hydroxyl groups is 1. The van der Waals surface area contributed by atoms with E-state index in [1.54, 1.807) is 17.0 Å². The van der Waals surface area contributed by atoms with Gasteiger partial charge in [0.2, 0.25) is 0 Å². The van der Waals surface area contributed by atoms with E-state index in [1.807, 2.05) is 31.1 Å². The van der Waals surface area contributed by atoms with Crippen molar-refractivity contribution in [2.75, 3.05) is 27.2 Å². The van der Waals surface area contributed by atoms with E-state index in [0.29, 0.717) is 18.5 Å². The number of β-amino-alcohol motifs (C(OH)–C–C–N with tert-alkyl or cyclic N) is 1. The van der Waals surface area contributed by atoms with Gasteiger partial charge in [-0.15, -0.1) is 12.6 Å². The summed E-state index contributed by atoms with van der Waals surface area (Å²) in [6, 6.07) is 7.29. The number of benzene rings is 1. The van der Waals surface area contributed by atoms with Crippen LogP contribution in [0.4, 0.5) is 0 Å². The molecular formula is C14H20N2O2S. The fraction of sp³-hybridized carbons (Fsp3) is 0.500. The molecule has 1 heterocycles. The topological polar surface area (TPSA) is 43.8 Å². The zero-order valence-corrected chi connectivity index (χ0v) is 12.2. The Labute approximate surface area is 119 Å². The molecule has 19 heavy (non-hydrogen) atoms. The van der Waals surface area contributed by atoms with Gasteiger partial charge in [-0.2, -0.15) is 0 Å². The van der Waals surface area contributed by atoms with Gasteiger partial charge in [-0.1, -0.05) is 6.07 Å². The molecule has 0 bridgehead atoms. The first-order valence-electron chi connectivity index (χ1n) is 6.40. The van der Waals surface area contributed by atoms with Crippen molar-refractivity contribution >= 4 is 18.5 Å². The number of thiol groups is 1. The summed E-state index contributed by atoms with van der Waals surface area (Å²) in [5.41, 5.74) is 0.630. The van der Waals surface area contributed by atoms with E-state index in [0.717, 1.165) is 11.4 Å². The van der Waals surface area contributed by atoms with Crippen LogP contribution in [0.5, 0.6) is 0 Å². The molecule has 1 saturated heterocycles. The lowest BCUT2D eigenvalue weighted by Gasteiger charge is -2.27. The van der Waals surface area contributed by atoms with Crippen LogP contribution >= 0.6 is 12.6 Å². The molecule has 0 saturated carbocycles. The molecule has 4 nitrogen and oxygen atoms in total. The lowest BCUT2D eigenvalue weighted by Crippen LogP contribution is -2.41. The summed E-state index contributed by atoms with van der Waals surface area (Å²) >= 11 is 4.26. The number of hydrogen-bond acceptors (Lipinski definition) is 4. The fourth-order valence-electron chi connectivity index (χ4n) is 2.54. The van der Waals surface area contributed by atoms with E-state index >= 15 is 0 Å². The molecule has 1 aromatic rings. The minimum absolute atomic E-state index is 0.0284. The number of rotatable bonds is 3. The fourth-order valence-corrected chi connectivity index (χ4v) is 2.77. The Balaban J connectivity index is 2.17. The van der Waals surface area contributed by atoms with Gasteiger partial charge < -0.3 is 14.9 Å². The number of aliphatic hydroxyl groups excluding tert-OH is 1. The predicted molar refractivity (Wildman–Crippen MR) is 77.7 cm³/mol. The summed E-state index contributed by atoms with van der Waals surface area (Å²) in [4.78, 5) is 17.1. The summed E-state index contributed by atoms with van der Waals surface area (Å²) in [5.74, 6) is -0.0284. The molecule has 0 aromatic heterocycles. The molecule has 0 aliphatic carbocycles. The average molecular weight is 280 g/mol. The van der Waals surface area contributed by atoms with E-state index in [1.165, 1.54) is 0 Å². The quantitative estimate of drug-likeness (QED) is 0.815. The van der Waals surface area contributed by atoms with Crippen LogP contribution in [0.2, 0.25) is 0 Å². The van der Waals surface area contributed by atoms with Crippen LogP contribution in [0.25, 0.3) is 0 Å². The first kappa shape index (κ1) is 14.4. The highest BCUT2D eigenvalue weighted by molar-refractivity contribution is 7.80. The van der Waals surface area contributed by atoms with E-state index in [2.05, 4.69) is 12.6 Å². The number of carbonyl (C=O) groups is 1. The summed E-state index contributed by atoms with van der Waals surface area (Å²) in [7, 11) is 3.95. The van der Waals surface area contributed by atoms with Gasteiger partial charge in [-0.25, -0.2) is 0 Å².